The molecule has 4 rings (SSSR count). The molecular formula is C27H44O7. The van der Waals surface area contributed by atoms with Crippen LogP contribution in [0.4, 0.5) is 0 Å². The van der Waals surface area contributed by atoms with Crippen molar-refractivity contribution < 1.29 is 35.4 Å². The van der Waals surface area contributed by atoms with Gasteiger partial charge in [0.2, 0.25) is 0 Å². The van der Waals surface area contributed by atoms with Crippen LogP contribution in [0, 0.1) is 34.5 Å². The summed E-state index contributed by atoms with van der Waals surface area (Å²) >= 11 is 0. The minimum Gasteiger partial charge on any atom is -0.396 e. The maximum atomic E-state index is 13.3. The first-order valence-electron chi connectivity index (χ1n) is 13.0. The van der Waals surface area contributed by atoms with Crippen LogP contribution in [0.2, 0.25) is 0 Å². The predicted octanol–water partition coefficient (Wildman–Crippen LogP) is 1.71. The molecule has 3 fully saturated rings. The lowest BCUT2D eigenvalue weighted by molar-refractivity contribution is -0.155. The molecular weight excluding hydrogens is 436 g/mol. The summed E-state index contributed by atoms with van der Waals surface area (Å²) in [5.74, 6) is -1.04. The SMILES string of the molecule is CC(C)(O)CC[C@@H](O)C(CO)[C@H]1CC[C@@]2(O)C3=CC(=O)[C@@H]4C[C@@H](O)[C@@H](O)C[C@]4(C)C3CC[C@]12C. The highest BCUT2D eigenvalue weighted by molar-refractivity contribution is 5.95. The molecule has 194 valence electrons. The quantitative estimate of drug-likeness (QED) is 0.340. The molecule has 34 heavy (non-hydrogen) atoms. The van der Waals surface area contributed by atoms with Gasteiger partial charge in [-0.05, 0) is 94.1 Å². The first-order valence-corrected chi connectivity index (χ1v) is 13.0. The van der Waals surface area contributed by atoms with E-state index in [9.17, 15) is 35.4 Å². The number of carbonyl (C=O) groups is 1. The number of hydrogen-bond acceptors (Lipinski definition) is 7. The average Bonchev–Trinajstić information content (AvgIpc) is 3.01. The van der Waals surface area contributed by atoms with Gasteiger partial charge in [-0.1, -0.05) is 13.8 Å². The van der Waals surface area contributed by atoms with Gasteiger partial charge in [-0.25, -0.2) is 0 Å². The van der Waals surface area contributed by atoms with Gasteiger partial charge in [-0.15, -0.1) is 0 Å². The van der Waals surface area contributed by atoms with Gasteiger partial charge in [0.15, 0.2) is 5.78 Å². The molecule has 10 atom stereocenters. The zero-order valence-electron chi connectivity index (χ0n) is 21.1. The summed E-state index contributed by atoms with van der Waals surface area (Å²) in [4.78, 5) is 13.3. The molecule has 0 bridgehead atoms. The van der Waals surface area contributed by atoms with E-state index in [1.165, 1.54) is 0 Å². The molecule has 0 radical (unpaired) electrons. The summed E-state index contributed by atoms with van der Waals surface area (Å²) in [6.07, 6.45) is 2.95. The van der Waals surface area contributed by atoms with Gasteiger partial charge < -0.3 is 30.6 Å². The third kappa shape index (κ3) is 3.91. The molecule has 0 aromatic carbocycles. The predicted molar refractivity (Wildman–Crippen MR) is 127 cm³/mol. The van der Waals surface area contributed by atoms with Crippen molar-refractivity contribution >= 4 is 5.78 Å². The lowest BCUT2D eigenvalue weighted by atomic mass is 9.45. The zero-order valence-corrected chi connectivity index (χ0v) is 21.1. The fourth-order valence-corrected chi connectivity index (χ4v) is 8.33. The van der Waals surface area contributed by atoms with Crippen molar-refractivity contribution in [1.82, 2.24) is 0 Å². The topological polar surface area (TPSA) is 138 Å². The molecule has 2 unspecified atom stereocenters. The van der Waals surface area contributed by atoms with Crippen molar-refractivity contribution in [3.05, 3.63) is 11.6 Å². The number of carbonyl (C=O) groups excluding carboxylic acids is 1. The summed E-state index contributed by atoms with van der Waals surface area (Å²) in [5, 5.41) is 64.2. The molecule has 7 nitrogen and oxygen atoms in total. The number of aliphatic hydroxyl groups is 6. The number of allylic oxidation sites excluding steroid dienone is 1. The minimum atomic E-state index is -1.21. The third-order valence-corrected chi connectivity index (χ3v) is 10.5. The largest absolute Gasteiger partial charge is 0.396 e. The fraction of sp³-hybridized carbons (Fsp3) is 0.889. The minimum absolute atomic E-state index is 0.0538. The second-order valence-electron chi connectivity index (χ2n) is 12.9. The van der Waals surface area contributed by atoms with Crippen LogP contribution in [-0.4, -0.2) is 72.5 Å². The Labute approximate surface area is 202 Å². The Bertz CT molecular complexity index is 833. The molecule has 0 spiro atoms. The van der Waals surface area contributed by atoms with Gasteiger partial charge in [-0.2, -0.15) is 0 Å². The van der Waals surface area contributed by atoms with Gasteiger partial charge in [0.25, 0.3) is 0 Å². The van der Waals surface area contributed by atoms with Crippen molar-refractivity contribution in [2.45, 2.75) is 109 Å². The molecule has 6 N–H and O–H groups in total. The van der Waals surface area contributed by atoms with E-state index in [2.05, 4.69) is 0 Å². The van der Waals surface area contributed by atoms with Crippen molar-refractivity contribution in [2.75, 3.05) is 6.61 Å². The molecule has 0 aromatic heterocycles. The van der Waals surface area contributed by atoms with Crippen LogP contribution >= 0.6 is 0 Å². The van der Waals surface area contributed by atoms with Crippen LogP contribution in [0.3, 0.4) is 0 Å². The Kier molecular flexibility index (Phi) is 6.66. The third-order valence-electron chi connectivity index (χ3n) is 10.5. The second kappa shape index (κ2) is 8.63. The smallest absolute Gasteiger partial charge is 0.159 e. The van der Waals surface area contributed by atoms with E-state index in [0.29, 0.717) is 38.5 Å². The van der Waals surface area contributed by atoms with Crippen LogP contribution in [0.25, 0.3) is 0 Å². The Hall–Kier alpha value is -0.830. The van der Waals surface area contributed by atoms with E-state index >= 15 is 0 Å². The summed E-state index contributed by atoms with van der Waals surface area (Å²) in [6, 6.07) is 0. The van der Waals surface area contributed by atoms with E-state index in [0.717, 1.165) is 12.0 Å². The first-order chi connectivity index (χ1) is 15.7. The molecule has 0 aromatic rings. The van der Waals surface area contributed by atoms with E-state index in [1.54, 1.807) is 19.9 Å². The van der Waals surface area contributed by atoms with Crippen LogP contribution < -0.4 is 0 Å². The van der Waals surface area contributed by atoms with Crippen molar-refractivity contribution in [3.8, 4) is 0 Å². The molecule has 0 saturated heterocycles. The zero-order chi connectivity index (χ0) is 25.3. The molecule has 0 aliphatic heterocycles. The average molecular weight is 481 g/mol. The van der Waals surface area contributed by atoms with Crippen LogP contribution in [0.15, 0.2) is 11.6 Å². The van der Waals surface area contributed by atoms with Crippen molar-refractivity contribution in [2.24, 2.45) is 34.5 Å². The molecule has 4 aliphatic rings. The van der Waals surface area contributed by atoms with Crippen LogP contribution in [0.1, 0.15) is 79.1 Å². The summed E-state index contributed by atoms with van der Waals surface area (Å²) in [7, 11) is 0. The maximum absolute atomic E-state index is 13.3. The Morgan fingerprint density at radius 3 is 2.41 bits per heavy atom. The van der Waals surface area contributed by atoms with Crippen molar-refractivity contribution in [3.63, 3.8) is 0 Å². The van der Waals surface area contributed by atoms with Gasteiger partial charge >= 0.3 is 0 Å². The summed E-state index contributed by atoms with van der Waals surface area (Å²) < 4.78 is 0. The maximum Gasteiger partial charge on any atom is 0.159 e. The number of ketones is 1. The van der Waals surface area contributed by atoms with Crippen LogP contribution in [0.5, 0.6) is 0 Å². The van der Waals surface area contributed by atoms with E-state index in [-0.39, 0.29) is 36.6 Å². The van der Waals surface area contributed by atoms with E-state index in [4.69, 9.17) is 0 Å². The van der Waals surface area contributed by atoms with Crippen molar-refractivity contribution in [1.29, 1.82) is 0 Å². The first kappa shape index (κ1) is 26.2. The fourth-order valence-electron chi connectivity index (χ4n) is 8.33. The van der Waals surface area contributed by atoms with Crippen LogP contribution in [-0.2, 0) is 4.79 Å². The van der Waals surface area contributed by atoms with Gasteiger partial charge in [0, 0.05) is 23.9 Å². The lowest BCUT2D eigenvalue weighted by Crippen LogP contribution is -2.61. The molecule has 3 saturated carbocycles. The highest BCUT2D eigenvalue weighted by Gasteiger charge is 2.67. The molecule has 0 heterocycles. The number of hydrogen-bond donors (Lipinski definition) is 6. The molecule has 0 amide bonds. The highest BCUT2D eigenvalue weighted by atomic mass is 16.3. The lowest BCUT2D eigenvalue weighted by Gasteiger charge is -2.60. The van der Waals surface area contributed by atoms with Gasteiger partial charge in [0.1, 0.15) is 0 Å². The Morgan fingerprint density at radius 1 is 1.12 bits per heavy atom. The number of fused-ring (bicyclic) bond motifs is 5. The monoisotopic (exact) mass is 480 g/mol. The van der Waals surface area contributed by atoms with E-state index in [1.807, 2.05) is 13.8 Å². The summed E-state index contributed by atoms with van der Waals surface area (Å²) in [6.45, 7) is 7.26. The van der Waals surface area contributed by atoms with Gasteiger partial charge in [-0.3, -0.25) is 4.79 Å². The Balaban J connectivity index is 1.65. The normalized spacial score (nSPS) is 46.2. The second-order valence-corrected chi connectivity index (χ2v) is 12.9. The Morgan fingerprint density at radius 2 is 1.79 bits per heavy atom. The molecule has 7 heteroatoms. The van der Waals surface area contributed by atoms with E-state index < -0.39 is 46.3 Å². The summed E-state index contributed by atoms with van der Waals surface area (Å²) in [5.41, 5.74) is -2.49. The van der Waals surface area contributed by atoms with Gasteiger partial charge in [0.05, 0.1) is 29.5 Å². The highest BCUT2D eigenvalue weighted by Crippen LogP contribution is 2.68. The standard InChI is InChI=1S/C27H44O7/c1-24(2,33)8-7-20(29)15(14-28)16-6-10-27(34)18-11-21(30)19-12-22(31)23(32)13-25(19,3)17(18)5-9-26(16,27)4/h11,15-17,19-20,22-23,28-29,31-34H,5-10,12-14H2,1-4H3/t15?,16-,17?,19+,20-,22-,23+,25-,26-,27-/m1/s1. The molecule has 4 aliphatic carbocycles. The number of rotatable bonds is 6. The number of aliphatic hydroxyl groups excluding tert-OH is 4.